The average molecular weight is 327 g/mol. The van der Waals surface area contributed by atoms with Crippen molar-refractivity contribution in [1.82, 2.24) is 15.1 Å². The molecule has 1 aromatic rings. The van der Waals surface area contributed by atoms with Crippen LogP contribution in [0.5, 0.6) is 0 Å². The molecule has 0 saturated carbocycles. The summed E-state index contributed by atoms with van der Waals surface area (Å²) in [5.74, 6) is -1.80. The Labute approximate surface area is 135 Å². The summed E-state index contributed by atoms with van der Waals surface area (Å²) in [5.41, 5.74) is 0.530. The van der Waals surface area contributed by atoms with Crippen molar-refractivity contribution in [3.8, 4) is 0 Å². The molecule has 1 saturated heterocycles. The number of ether oxygens (including phenoxy) is 1. The third kappa shape index (κ3) is 4.62. The van der Waals surface area contributed by atoms with Crippen molar-refractivity contribution in [3.05, 3.63) is 35.4 Å². The van der Waals surface area contributed by atoms with Crippen molar-refractivity contribution in [1.29, 1.82) is 0 Å². The first kappa shape index (κ1) is 17.6. The van der Waals surface area contributed by atoms with E-state index < -0.39 is 17.7 Å². The number of halogens is 2. The van der Waals surface area contributed by atoms with Gasteiger partial charge in [0.25, 0.3) is 0 Å². The second kappa shape index (κ2) is 7.70. The summed E-state index contributed by atoms with van der Waals surface area (Å²) in [6.45, 7) is 1.83. The Bertz CT molecular complexity index is 554. The predicted octanol–water partition coefficient (Wildman–Crippen LogP) is 2.00. The van der Waals surface area contributed by atoms with Gasteiger partial charge in [0.05, 0.1) is 6.04 Å². The van der Waals surface area contributed by atoms with Crippen molar-refractivity contribution in [2.24, 2.45) is 0 Å². The Morgan fingerprint density at radius 3 is 2.65 bits per heavy atom. The number of benzene rings is 1. The van der Waals surface area contributed by atoms with Crippen molar-refractivity contribution < 1.29 is 18.3 Å². The van der Waals surface area contributed by atoms with Gasteiger partial charge in [-0.25, -0.2) is 13.6 Å². The van der Waals surface area contributed by atoms with Crippen molar-refractivity contribution in [2.75, 3.05) is 40.8 Å². The van der Waals surface area contributed by atoms with Gasteiger partial charge in [0.15, 0.2) is 11.6 Å². The topological polar surface area (TPSA) is 44.8 Å². The lowest BCUT2D eigenvalue weighted by Gasteiger charge is -2.25. The van der Waals surface area contributed by atoms with Crippen molar-refractivity contribution >= 4 is 6.03 Å². The van der Waals surface area contributed by atoms with Crippen LogP contribution in [-0.4, -0.2) is 62.7 Å². The van der Waals surface area contributed by atoms with Crippen LogP contribution in [0.15, 0.2) is 18.2 Å². The van der Waals surface area contributed by atoms with Crippen LogP contribution >= 0.6 is 0 Å². The van der Waals surface area contributed by atoms with E-state index in [0.29, 0.717) is 25.1 Å². The number of hydrogen-bond acceptors (Lipinski definition) is 3. The van der Waals surface area contributed by atoms with Crippen LogP contribution < -0.4 is 5.32 Å². The zero-order valence-electron chi connectivity index (χ0n) is 13.7. The molecule has 0 aliphatic carbocycles. The van der Waals surface area contributed by atoms with E-state index in [1.54, 1.807) is 11.9 Å². The number of urea groups is 1. The maximum Gasteiger partial charge on any atom is 0.317 e. The molecule has 1 N–H and O–H groups in total. The Kier molecular flexibility index (Phi) is 5.90. The highest BCUT2D eigenvalue weighted by Crippen LogP contribution is 2.30. The fourth-order valence-electron chi connectivity index (χ4n) is 2.48. The monoisotopic (exact) mass is 327 g/mol. The summed E-state index contributed by atoms with van der Waals surface area (Å²) >= 11 is 0. The van der Waals surface area contributed by atoms with Gasteiger partial charge in [-0.05, 0) is 38.2 Å². The van der Waals surface area contributed by atoms with Gasteiger partial charge in [-0.2, -0.15) is 0 Å². The molecule has 1 fully saturated rings. The molecular weight excluding hydrogens is 304 g/mol. The molecule has 0 bridgehead atoms. The summed E-state index contributed by atoms with van der Waals surface area (Å²) in [6, 6.07) is 3.24. The van der Waals surface area contributed by atoms with Gasteiger partial charge < -0.3 is 19.9 Å². The molecule has 1 aliphatic rings. The normalized spacial score (nSPS) is 20.8. The average Bonchev–Trinajstić information content (AvgIpc) is 2.95. The number of likely N-dealkylation sites (N-methyl/N-ethyl adjacent to an activating group) is 2. The highest BCUT2D eigenvalue weighted by Gasteiger charge is 2.32. The minimum absolute atomic E-state index is 0.199. The molecule has 23 heavy (non-hydrogen) atoms. The van der Waals surface area contributed by atoms with E-state index in [9.17, 15) is 13.6 Å². The first-order chi connectivity index (χ1) is 10.9. The van der Waals surface area contributed by atoms with E-state index in [2.05, 4.69) is 5.32 Å². The molecule has 0 radical (unpaired) electrons. The lowest BCUT2D eigenvalue weighted by atomic mass is 10.0. The van der Waals surface area contributed by atoms with Crippen LogP contribution in [0.4, 0.5) is 13.6 Å². The lowest BCUT2D eigenvalue weighted by Crippen LogP contribution is -2.45. The van der Waals surface area contributed by atoms with Gasteiger partial charge in [0.1, 0.15) is 6.10 Å². The van der Waals surface area contributed by atoms with Gasteiger partial charge in [-0.1, -0.05) is 6.07 Å². The molecule has 7 heteroatoms. The molecule has 1 aromatic carbocycles. The molecule has 128 valence electrons. The Morgan fingerprint density at radius 1 is 1.26 bits per heavy atom. The van der Waals surface area contributed by atoms with Crippen LogP contribution in [0.25, 0.3) is 0 Å². The Balaban J connectivity index is 1.98. The molecule has 2 rings (SSSR count). The molecule has 0 aromatic heterocycles. The van der Waals surface area contributed by atoms with E-state index in [4.69, 9.17) is 4.74 Å². The first-order valence-electron chi connectivity index (χ1n) is 7.61. The Morgan fingerprint density at radius 2 is 2.00 bits per heavy atom. The van der Waals surface area contributed by atoms with Crippen LogP contribution in [0.1, 0.15) is 18.1 Å². The summed E-state index contributed by atoms with van der Waals surface area (Å²) in [7, 11) is 5.60. The van der Waals surface area contributed by atoms with Gasteiger partial charge in [-0.3, -0.25) is 0 Å². The van der Waals surface area contributed by atoms with Gasteiger partial charge in [0.2, 0.25) is 0 Å². The molecular formula is C16H23F2N3O2. The summed E-state index contributed by atoms with van der Waals surface area (Å²) in [5, 5.41) is 2.91. The molecule has 0 spiro atoms. The number of rotatable bonds is 5. The zero-order valence-corrected chi connectivity index (χ0v) is 13.7. The highest BCUT2D eigenvalue weighted by molar-refractivity contribution is 5.74. The standard InChI is InChI=1S/C16H23F2N3O2/c1-20(2)7-8-21(3)16(22)19-14-6-9-23-15(14)11-4-5-12(17)13(18)10-11/h4-5,10,14-15H,6-9H2,1-3H3,(H,19,22). The minimum atomic E-state index is -0.911. The summed E-state index contributed by atoms with van der Waals surface area (Å²) in [6.07, 6.45) is 0.174. The van der Waals surface area contributed by atoms with Crippen LogP contribution in [0, 0.1) is 11.6 Å². The Hall–Kier alpha value is -1.73. The van der Waals surface area contributed by atoms with Crippen LogP contribution in [0.3, 0.4) is 0 Å². The zero-order chi connectivity index (χ0) is 17.0. The molecule has 2 atom stereocenters. The molecule has 1 aliphatic heterocycles. The van der Waals surface area contributed by atoms with Gasteiger partial charge in [-0.15, -0.1) is 0 Å². The van der Waals surface area contributed by atoms with E-state index in [-0.39, 0.29) is 12.1 Å². The third-order valence-electron chi connectivity index (χ3n) is 3.90. The second-order valence-electron chi connectivity index (χ2n) is 6.03. The summed E-state index contributed by atoms with van der Waals surface area (Å²) in [4.78, 5) is 15.8. The smallest absolute Gasteiger partial charge is 0.317 e. The number of carbonyl (C=O) groups is 1. The van der Waals surface area contributed by atoms with Crippen molar-refractivity contribution in [2.45, 2.75) is 18.6 Å². The number of amides is 2. The quantitative estimate of drug-likeness (QED) is 0.900. The number of carbonyl (C=O) groups excluding carboxylic acids is 1. The molecule has 5 nitrogen and oxygen atoms in total. The fourth-order valence-corrected chi connectivity index (χ4v) is 2.48. The lowest BCUT2D eigenvalue weighted by molar-refractivity contribution is 0.0980. The van der Waals surface area contributed by atoms with E-state index >= 15 is 0 Å². The van der Waals surface area contributed by atoms with Gasteiger partial charge in [0, 0.05) is 26.7 Å². The van der Waals surface area contributed by atoms with Crippen LogP contribution in [0.2, 0.25) is 0 Å². The number of nitrogens with one attached hydrogen (secondary N) is 1. The second-order valence-corrected chi connectivity index (χ2v) is 6.03. The minimum Gasteiger partial charge on any atom is -0.371 e. The SMILES string of the molecule is CN(C)CCN(C)C(=O)NC1CCOC1c1ccc(F)c(F)c1. The van der Waals surface area contributed by atoms with Crippen LogP contribution in [-0.2, 0) is 4.74 Å². The van der Waals surface area contributed by atoms with E-state index in [0.717, 1.165) is 18.7 Å². The maximum absolute atomic E-state index is 13.4. The largest absolute Gasteiger partial charge is 0.371 e. The molecule has 2 unspecified atom stereocenters. The molecule has 2 amide bonds. The molecule has 1 heterocycles. The highest BCUT2D eigenvalue weighted by atomic mass is 19.2. The van der Waals surface area contributed by atoms with E-state index in [1.165, 1.54) is 6.07 Å². The van der Waals surface area contributed by atoms with Gasteiger partial charge >= 0.3 is 6.03 Å². The number of nitrogens with zero attached hydrogens (tertiary/aromatic N) is 2. The van der Waals surface area contributed by atoms with E-state index in [1.807, 2.05) is 19.0 Å². The van der Waals surface area contributed by atoms with Crippen molar-refractivity contribution in [3.63, 3.8) is 0 Å². The third-order valence-corrected chi connectivity index (χ3v) is 3.90. The fraction of sp³-hybridized carbons (Fsp3) is 0.562. The maximum atomic E-state index is 13.4. The predicted molar refractivity (Wildman–Crippen MR) is 83.2 cm³/mol. The number of hydrogen-bond donors (Lipinski definition) is 1. The first-order valence-corrected chi connectivity index (χ1v) is 7.61. The summed E-state index contributed by atoms with van der Waals surface area (Å²) < 4.78 is 32.0.